The van der Waals surface area contributed by atoms with Crippen molar-refractivity contribution in [2.24, 2.45) is 0 Å². The largest absolute Gasteiger partial charge is 0.497 e. The van der Waals surface area contributed by atoms with Gasteiger partial charge in [-0.3, -0.25) is 0 Å². The first kappa shape index (κ1) is 26.1. The van der Waals surface area contributed by atoms with Gasteiger partial charge in [0, 0.05) is 17.8 Å². The Hall–Kier alpha value is -3.56. The summed E-state index contributed by atoms with van der Waals surface area (Å²) in [7, 11) is 1.53. The third-order valence-electron chi connectivity index (χ3n) is 5.55. The van der Waals surface area contributed by atoms with Crippen LogP contribution in [0.1, 0.15) is 62.4 Å². The summed E-state index contributed by atoms with van der Waals surface area (Å²) in [5.41, 5.74) is 0.501. The van der Waals surface area contributed by atoms with E-state index in [9.17, 15) is 19.1 Å². The number of carboxylic acids is 1. The fourth-order valence-electron chi connectivity index (χ4n) is 4.03. The fraction of sp³-hybridized carbons (Fsp3) is 0.480. The van der Waals surface area contributed by atoms with Gasteiger partial charge >= 0.3 is 12.1 Å². The Morgan fingerprint density at radius 3 is 2.40 bits per heavy atom. The Balaban J connectivity index is 1.86. The molecule has 190 valence electrons. The molecule has 0 saturated heterocycles. The summed E-state index contributed by atoms with van der Waals surface area (Å²) in [5, 5.41) is 18.5. The number of ether oxygens (including phenoxy) is 2. The van der Waals surface area contributed by atoms with Gasteiger partial charge in [-0.05, 0) is 64.3 Å². The maximum absolute atomic E-state index is 14.9. The first-order valence-corrected chi connectivity index (χ1v) is 11.6. The molecule has 4 N–H and O–H groups in total. The van der Waals surface area contributed by atoms with E-state index >= 15 is 0 Å². The highest BCUT2D eigenvalue weighted by Crippen LogP contribution is 2.29. The lowest BCUT2D eigenvalue weighted by atomic mass is 9.90. The number of hydrogen-bond donors (Lipinski definition) is 4. The van der Waals surface area contributed by atoms with E-state index in [0.29, 0.717) is 24.3 Å². The molecule has 0 aliphatic heterocycles. The van der Waals surface area contributed by atoms with Gasteiger partial charge in [0.2, 0.25) is 0 Å². The lowest BCUT2D eigenvalue weighted by molar-refractivity contribution is 0.0488. The second kappa shape index (κ2) is 10.8. The number of methoxy groups -OCH3 is 1. The van der Waals surface area contributed by atoms with Crippen LogP contribution in [0.2, 0.25) is 0 Å². The van der Waals surface area contributed by atoms with E-state index in [1.165, 1.54) is 7.11 Å². The van der Waals surface area contributed by atoms with Crippen molar-refractivity contribution < 1.29 is 28.6 Å². The molecule has 2 atom stereocenters. The molecule has 1 aromatic carbocycles. The second-order valence-electron chi connectivity index (χ2n) is 9.67. The van der Waals surface area contributed by atoms with Gasteiger partial charge in [0.1, 0.15) is 22.7 Å². The summed E-state index contributed by atoms with van der Waals surface area (Å²) in [6.45, 7) is 7.22. The molecule has 1 aromatic heterocycles. The average Bonchev–Trinajstić information content (AvgIpc) is 2.75. The lowest BCUT2D eigenvalue weighted by Gasteiger charge is -2.34. The smallest absolute Gasteiger partial charge is 0.407 e. The highest BCUT2D eigenvalue weighted by molar-refractivity contribution is 5.94. The van der Waals surface area contributed by atoms with E-state index in [4.69, 9.17) is 9.47 Å². The molecule has 1 amide bonds. The van der Waals surface area contributed by atoms with E-state index < -0.39 is 23.5 Å². The van der Waals surface area contributed by atoms with Crippen LogP contribution in [0.15, 0.2) is 24.3 Å². The zero-order valence-corrected chi connectivity index (χ0v) is 20.7. The topological polar surface area (TPSA) is 122 Å². The number of rotatable bonds is 7. The zero-order chi connectivity index (χ0) is 25.8. The molecule has 1 aliphatic rings. The van der Waals surface area contributed by atoms with Gasteiger partial charge in [0.25, 0.3) is 0 Å². The predicted molar refractivity (Wildman–Crippen MR) is 131 cm³/mol. The SMILES string of the molecule is COc1cc(C)cc(Nc2nc(NC3CCCC[C@@H]3NC(=O)OC(C)(C)C)c(F)cc2C(=O)O)c1. The summed E-state index contributed by atoms with van der Waals surface area (Å²) in [4.78, 5) is 28.4. The molecule has 1 heterocycles. The summed E-state index contributed by atoms with van der Waals surface area (Å²) in [6, 6.07) is 5.66. The van der Waals surface area contributed by atoms with Gasteiger partial charge in [-0.2, -0.15) is 0 Å². The van der Waals surface area contributed by atoms with Crippen molar-refractivity contribution in [3.63, 3.8) is 0 Å². The molecular weight excluding hydrogens is 455 g/mol. The average molecular weight is 489 g/mol. The lowest BCUT2D eigenvalue weighted by Crippen LogP contribution is -2.50. The molecule has 1 unspecified atom stereocenters. The molecule has 1 saturated carbocycles. The van der Waals surface area contributed by atoms with E-state index in [0.717, 1.165) is 24.5 Å². The van der Waals surface area contributed by atoms with Gasteiger partial charge in [0.05, 0.1) is 13.2 Å². The number of nitrogens with one attached hydrogen (secondary N) is 3. The molecule has 0 spiro atoms. The van der Waals surface area contributed by atoms with Gasteiger partial charge in [-0.15, -0.1) is 0 Å². The number of pyridine rings is 1. The van der Waals surface area contributed by atoms with Crippen molar-refractivity contribution >= 4 is 29.4 Å². The zero-order valence-electron chi connectivity index (χ0n) is 20.7. The number of aromatic nitrogens is 1. The van der Waals surface area contributed by atoms with Crippen molar-refractivity contribution in [3.05, 3.63) is 41.2 Å². The third-order valence-corrected chi connectivity index (χ3v) is 5.55. The predicted octanol–water partition coefficient (Wildman–Crippen LogP) is 5.23. The minimum Gasteiger partial charge on any atom is -0.497 e. The van der Waals surface area contributed by atoms with Crippen LogP contribution in [0.25, 0.3) is 0 Å². The Morgan fingerprint density at radius 1 is 1.09 bits per heavy atom. The van der Waals surface area contributed by atoms with Crippen molar-refractivity contribution in [1.82, 2.24) is 10.3 Å². The Kier molecular flexibility index (Phi) is 8.03. The number of carbonyl (C=O) groups is 2. The Bertz CT molecular complexity index is 1090. The van der Waals surface area contributed by atoms with Crippen molar-refractivity contribution in [3.8, 4) is 5.75 Å². The molecule has 10 heteroatoms. The normalized spacial score (nSPS) is 17.9. The molecular formula is C25H33FN4O5. The van der Waals surface area contributed by atoms with E-state index in [-0.39, 0.29) is 29.3 Å². The van der Waals surface area contributed by atoms with Gasteiger partial charge in [-0.1, -0.05) is 12.8 Å². The molecule has 3 rings (SSSR count). The second-order valence-corrected chi connectivity index (χ2v) is 9.67. The van der Waals surface area contributed by atoms with Crippen LogP contribution >= 0.6 is 0 Å². The number of amides is 1. The molecule has 1 aliphatic carbocycles. The van der Waals surface area contributed by atoms with Crippen LogP contribution in [0.5, 0.6) is 5.75 Å². The molecule has 1 fully saturated rings. The number of benzene rings is 1. The number of nitrogens with zero attached hydrogens (tertiary/aromatic N) is 1. The summed E-state index contributed by atoms with van der Waals surface area (Å²) in [6.07, 6.45) is 2.64. The number of carbonyl (C=O) groups excluding carboxylic acids is 1. The van der Waals surface area contributed by atoms with Crippen LogP contribution in [-0.4, -0.2) is 46.9 Å². The van der Waals surface area contributed by atoms with Crippen LogP contribution in [0.3, 0.4) is 0 Å². The number of aryl methyl sites for hydroxylation is 1. The Morgan fingerprint density at radius 2 is 1.77 bits per heavy atom. The van der Waals surface area contributed by atoms with Crippen LogP contribution in [0.4, 0.5) is 26.5 Å². The first-order valence-electron chi connectivity index (χ1n) is 11.6. The number of hydrogen-bond acceptors (Lipinski definition) is 7. The van der Waals surface area contributed by atoms with Crippen LogP contribution < -0.4 is 20.7 Å². The maximum Gasteiger partial charge on any atom is 0.407 e. The maximum atomic E-state index is 14.9. The molecule has 9 nitrogen and oxygen atoms in total. The summed E-state index contributed by atoms with van der Waals surface area (Å²) in [5.74, 6) is -1.63. The minimum absolute atomic E-state index is 0.0125. The van der Waals surface area contributed by atoms with E-state index in [1.54, 1.807) is 32.9 Å². The fourth-order valence-corrected chi connectivity index (χ4v) is 4.03. The summed E-state index contributed by atoms with van der Waals surface area (Å²) < 4.78 is 25.6. The minimum atomic E-state index is -1.31. The van der Waals surface area contributed by atoms with Gasteiger partial charge in [-0.25, -0.2) is 19.0 Å². The van der Waals surface area contributed by atoms with Crippen molar-refractivity contribution in [2.45, 2.75) is 71.1 Å². The summed E-state index contributed by atoms with van der Waals surface area (Å²) >= 11 is 0. The Labute approximate surface area is 204 Å². The molecule has 2 aromatic rings. The highest BCUT2D eigenvalue weighted by Gasteiger charge is 2.30. The number of carboxylic acid groups (broad SMARTS) is 1. The molecule has 0 bridgehead atoms. The van der Waals surface area contributed by atoms with Gasteiger partial charge in [0.15, 0.2) is 11.6 Å². The number of anilines is 3. The molecule has 35 heavy (non-hydrogen) atoms. The van der Waals surface area contributed by atoms with E-state index in [1.807, 2.05) is 13.0 Å². The highest BCUT2D eigenvalue weighted by atomic mass is 19.1. The first-order chi connectivity index (χ1) is 16.4. The van der Waals surface area contributed by atoms with Crippen molar-refractivity contribution in [1.29, 1.82) is 0 Å². The van der Waals surface area contributed by atoms with E-state index in [2.05, 4.69) is 20.9 Å². The van der Waals surface area contributed by atoms with Gasteiger partial charge < -0.3 is 30.5 Å². The van der Waals surface area contributed by atoms with Crippen LogP contribution in [-0.2, 0) is 4.74 Å². The number of halogens is 1. The van der Waals surface area contributed by atoms with Crippen molar-refractivity contribution in [2.75, 3.05) is 17.7 Å². The quantitative estimate of drug-likeness (QED) is 0.418. The standard InChI is InChI=1S/C25H33FN4O5/c1-14-10-15(12-16(11-14)34-5)27-21-17(23(31)32)13-18(26)22(30-21)28-19-8-6-7-9-20(19)29-24(33)35-25(2,3)4/h10-13,19-20H,6-9H2,1-5H3,(H,29,33)(H,31,32)(H2,27,28,30)/t19?,20-/m0/s1. The third kappa shape index (κ3) is 7.21. The molecule has 0 radical (unpaired) electrons. The van der Waals surface area contributed by atoms with Crippen LogP contribution in [0, 0.1) is 12.7 Å². The number of alkyl carbamates (subject to hydrolysis) is 1. The monoisotopic (exact) mass is 488 g/mol. The number of aromatic carboxylic acids is 1.